The third-order valence-corrected chi connectivity index (χ3v) is 6.28. The van der Waals surface area contributed by atoms with E-state index in [9.17, 15) is 4.79 Å². The van der Waals surface area contributed by atoms with E-state index in [1.807, 2.05) is 36.5 Å². The van der Waals surface area contributed by atoms with Gasteiger partial charge in [-0.05, 0) is 44.5 Å². The first-order chi connectivity index (χ1) is 14.5. The molecule has 0 fully saturated rings. The molecular weight excluding hydrogens is 440 g/mol. The first-order valence-corrected chi connectivity index (χ1v) is 11.1. The van der Waals surface area contributed by atoms with Gasteiger partial charge in [-0.15, -0.1) is 0 Å². The van der Waals surface area contributed by atoms with Crippen molar-refractivity contribution in [2.45, 2.75) is 46.6 Å². The summed E-state index contributed by atoms with van der Waals surface area (Å²) in [6.45, 7) is 9.28. The van der Waals surface area contributed by atoms with Gasteiger partial charge < -0.3 is 4.57 Å². The molecule has 0 saturated heterocycles. The normalized spacial score (nSPS) is 13.0. The third kappa shape index (κ3) is 3.39. The lowest BCUT2D eigenvalue weighted by atomic mass is 10.1. The summed E-state index contributed by atoms with van der Waals surface area (Å²) in [4.78, 5) is 18.1. The molecule has 5 nitrogen and oxygen atoms in total. The molecule has 0 aliphatic rings. The Morgan fingerprint density at radius 3 is 2.67 bits per heavy atom. The van der Waals surface area contributed by atoms with Gasteiger partial charge in [-0.25, -0.2) is 4.98 Å². The summed E-state index contributed by atoms with van der Waals surface area (Å²) in [5.74, 6) is 0.798. The number of aromatic nitrogens is 3. The predicted molar refractivity (Wildman–Crippen MR) is 128 cm³/mol. The lowest BCUT2D eigenvalue weighted by molar-refractivity contribution is 0.613. The van der Waals surface area contributed by atoms with Crippen molar-refractivity contribution >= 4 is 44.0 Å². The van der Waals surface area contributed by atoms with Crippen LogP contribution in [0.5, 0.6) is 0 Å². The molecule has 0 spiro atoms. The van der Waals surface area contributed by atoms with Crippen LogP contribution in [-0.4, -0.2) is 20.4 Å². The minimum absolute atomic E-state index is 0.112. The van der Waals surface area contributed by atoms with Gasteiger partial charge in [0.25, 0.3) is 5.56 Å². The summed E-state index contributed by atoms with van der Waals surface area (Å²) in [5.41, 5.74) is 3.89. The lowest BCUT2D eigenvalue weighted by Gasteiger charge is -2.14. The standard InChI is InChI=1S/C24H25BrN4O/c1-5-15(3)23-27-21-12-11-17(25)13-19(21)24(30)29(23)26-14-20-16(4)28(6-2)22-10-8-7-9-18(20)22/h7-15H,5-6H2,1-4H3/t15-/m0/s1. The first-order valence-electron chi connectivity index (χ1n) is 10.3. The molecule has 0 N–H and O–H groups in total. The van der Waals surface area contributed by atoms with Crippen molar-refractivity contribution in [3.63, 3.8) is 0 Å². The van der Waals surface area contributed by atoms with Gasteiger partial charge in [-0.3, -0.25) is 4.79 Å². The topological polar surface area (TPSA) is 52.2 Å². The quantitative estimate of drug-likeness (QED) is 0.348. The SMILES string of the molecule is CC[C@H](C)c1nc2ccc(Br)cc2c(=O)n1N=Cc1c(C)n(CC)c2ccccc12. The fourth-order valence-corrected chi connectivity index (χ4v) is 4.28. The number of hydrogen-bond acceptors (Lipinski definition) is 3. The lowest BCUT2D eigenvalue weighted by Crippen LogP contribution is -2.23. The fraction of sp³-hybridized carbons (Fsp3) is 0.292. The van der Waals surface area contributed by atoms with Crippen LogP contribution >= 0.6 is 15.9 Å². The van der Waals surface area contributed by atoms with Crippen molar-refractivity contribution in [3.05, 3.63) is 74.4 Å². The Labute approximate surface area is 184 Å². The number of aryl methyl sites for hydroxylation is 1. The van der Waals surface area contributed by atoms with E-state index in [4.69, 9.17) is 4.98 Å². The summed E-state index contributed by atoms with van der Waals surface area (Å²) in [7, 11) is 0. The third-order valence-electron chi connectivity index (χ3n) is 5.78. The molecule has 4 rings (SSSR count). The monoisotopic (exact) mass is 464 g/mol. The molecule has 2 heterocycles. The molecule has 0 saturated carbocycles. The van der Waals surface area contributed by atoms with Crippen LogP contribution in [0.1, 0.15) is 50.2 Å². The van der Waals surface area contributed by atoms with E-state index < -0.39 is 0 Å². The Balaban J connectivity index is 1.95. The van der Waals surface area contributed by atoms with Gasteiger partial charge in [-0.2, -0.15) is 9.78 Å². The minimum atomic E-state index is -0.148. The molecule has 2 aromatic heterocycles. The van der Waals surface area contributed by atoms with Crippen LogP contribution in [-0.2, 0) is 6.54 Å². The summed E-state index contributed by atoms with van der Waals surface area (Å²) >= 11 is 3.46. The van der Waals surface area contributed by atoms with Crippen molar-refractivity contribution < 1.29 is 0 Å². The van der Waals surface area contributed by atoms with E-state index in [0.29, 0.717) is 16.7 Å². The average Bonchev–Trinajstić information content (AvgIpc) is 3.03. The Bertz CT molecular complexity index is 1330. The molecule has 0 radical (unpaired) electrons. The molecule has 6 heteroatoms. The molecule has 0 unspecified atom stereocenters. The van der Waals surface area contributed by atoms with Gasteiger partial charge >= 0.3 is 0 Å². The highest BCUT2D eigenvalue weighted by Gasteiger charge is 2.16. The molecule has 2 aromatic carbocycles. The highest BCUT2D eigenvalue weighted by atomic mass is 79.9. The summed E-state index contributed by atoms with van der Waals surface area (Å²) in [6.07, 6.45) is 2.68. The zero-order valence-electron chi connectivity index (χ0n) is 17.7. The number of halogens is 1. The van der Waals surface area contributed by atoms with Gasteiger partial charge in [0.1, 0.15) is 5.82 Å². The summed E-state index contributed by atoms with van der Waals surface area (Å²) in [6, 6.07) is 13.9. The van der Waals surface area contributed by atoms with Crippen LogP contribution in [0.25, 0.3) is 21.8 Å². The highest BCUT2D eigenvalue weighted by molar-refractivity contribution is 9.10. The van der Waals surface area contributed by atoms with E-state index in [1.54, 1.807) is 0 Å². The van der Waals surface area contributed by atoms with Crippen molar-refractivity contribution in [1.29, 1.82) is 0 Å². The van der Waals surface area contributed by atoms with Crippen molar-refractivity contribution in [2.24, 2.45) is 5.10 Å². The van der Waals surface area contributed by atoms with Gasteiger partial charge in [0.2, 0.25) is 0 Å². The van der Waals surface area contributed by atoms with Crippen molar-refractivity contribution in [3.8, 4) is 0 Å². The zero-order valence-corrected chi connectivity index (χ0v) is 19.3. The minimum Gasteiger partial charge on any atom is -0.344 e. The van der Waals surface area contributed by atoms with Crippen LogP contribution in [0.15, 0.2) is 56.8 Å². The Hall–Kier alpha value is -2.73. The molecule has 0 amide bonds. The Kier molecular flexibility index (Phi) is 5.60. The van der Waals surface area contributed by atoms with Gasteiger partial charge in [0.05, 0.1) is 17.1 Å². The molecular formula is C24H25BrN4O. The van der Waals surface area contributed by atoms with Gasteiger partial charge in [0, 0.05) is 39.1 Å². The summed E-state index contributed by atoms with van der Waals surface area (Å²) < 4.78 is 4.59. The number of hydrogen-bond donors (Lipinski definition) is 0. The smallest absolute Gasteiger partial charge is 0.282 e. The van der Waals surface area contributed by atoms with E-state index in [2.05, 4.69) is 65.4 Å². The predicted octanol–water partition coefficient (Wildman–Crippen LogP) is 5.84. The molecule has 154 valence electrons. The molecule has 0 bridgehead atoms. The number of benzene rings is 2. The van der Waals surface area contributed by atoms with Crippen LogP contribution in [0.3, 0.4) is 0 Å². The van der Waals surface area contributed by atoms with Gasteiger partial charge in [0.15, 0.2) is 0 Å². The molecule has 0 aliphatic heterocycles. The Morgan fingerprint density at radius 1 is 1.17 bits per heavy atom. The maximum absolute atomic E-state index is 13.3. The van der Waals surface area contributed by atoms with Gasteiger partial charge in [-0.1, -0.05) is 48.0 Å². The molecule has 0 aliphatic carbocycles. The van der Waals surface area contributed by atoms with E-state index in [1.165, 1.54) is 10.2 Å². The van der Waals surface area contributed by atoms with E-state index >= 15 is 0 Å². The van der Waals surface area contributed by atoms with Crippen molar-refractivity contribution in [2.75, 3.05) is 0 Å². The number of nitrogens with zero attached hydrogens (tertiary/aromatic N) is 4. The summed E-state index contributed by atoms with van der Waals surface area (Å²) in [5, 5.41) is 6.36. The maximum atomic E-state index is 13.3. The van der Waals surface area contributed by atoms with E-state index in [-0.39, 0.29) is 11.5 Å². The average molecular weight is 465 g/mol. The molecule has 4 aromatic rings. The fourth-order valence-electron chi connectivity index (χ4n) is 3.92. The number of fused-ring (bicyclic) bond motifs is 2. The number of rotatable bonds is 5. The largest absolute Gasteiger partial charge is 0.344 e. The van der Waals surface area contributed by atoms with Crippen LogP contribution in [0, 0.1) is 6.92 Å². The second-order valence-corrected chi connectivity index (χ2v) is 8.48. The zero-order chi connectivity index (χ0) is 21.4. The highest BCUT2D eigenvalue weighted by Crippen LogP contribution is 2.25. The second kappa shape index (κ2) is 8.19. The Morgan fingerprint density at radius 2 is 1.93 bits per heavy atom. The molecule has 1 atom stereocenters. The van der Waals surface area contributed by atoms with Crippen LogP contribution < -0.4 is 5.56 Å². The van der Waals surface area contributed by atoms with E-state index in [0.717, 1.165) is 34.1 Å². The maximum Gasteiger partial charge on any atom is 0.282 e. The van der Waals surface area contributed by atoms with Crippen molar-refractivity contribution in [1.82, 2.24) is 14.2 Å². The van der Waals surface area contributed by atoms with Crippen LogP contribution in [0.2, 0.25) is 0 Å². The molecule has 30 heavy (non-hydrogen) atoms. The second-order valence-electron chi connectivity index (χ2n) is 7.56. The number of para-hydroxylation sites is 1. The first kappa shape index (κ1) is 20.5. The van der Waals surface area contributed by atoms with Crippen LogP contribution in [0.4, 0.5) is 0 Å².